The third-order valence-electron chi connectivity index (χ3n) is 2.57. The minimum absolute atomic E-state index is 0.281. The van der Waals surface area contributed by atoms with Crippen LogP contribution in [0.25, 0.3) is 0 Å². The first-order chi connectivity index (χ1) is 9.15. The van der Waals surface area contributed by atoms with E-state index in [0.29, 0.717) is 11.3 Å². The minimum Gasteiger partial charge on any atom is -0.399 e. The van der Waals surface area contributed by atoms with Crippen molar-refractivity contribution in [2.75, 3.05) is 5.73 Å². The van der Waals surface area contributed by atoms with Gasteiger partial charge in [0.05, 0.1) is 6.21 Å². The van der Waals surface area contributed by atoms with Crippen LogP contribution in [0.15, 0.2) is 53.6 Å². The second-order valence-corrected chi connectivity index (χ2v) is 4.24. The lowest BCUT2D eigenvalue weighted by Crippen LogP contribution is -2.17. The molecule has 4 nitrogen and oxygen atoms in total. The van der Waals surface area contributed by atoms with E-state index in [9.17, 15) is 4.79 Å². The molecule has 0 atom stereocenters. The number of carbonyl (C=O) groups is 1. The monoisotopic (exact) mass is 253 g/mol. The number of nitrogen functional groups attached to an aromatic ring is 1. The zero-order valence-corrected chi connectivity index (χ0v) is 10.6. The molecule has 0 saturated heterocycles. The molecule has 19 heavy (non-hydrogen) atoms. The van der Waals surface area contributed by atoms with Crippen LogP contribution in [0.1, 0.15) is 21.5 Å². The number of amides is 1. The van der Waals surface area contributed by atoms with Crippen molar-refractivity contribution in [3.63, 3.8) is 0 Å². The molecule has 0 aliphatic rings. The number of hydrogen-bond donors (Lipinski definition) is 2. The molecule has 0 saturated carbocycles. The summed E-state index contributed by atoms with van der Waals surface area (Å²) in [6.07, 6.45) is 1.61. The van der Waals surface area contributed by atoms with Crippen LogP contribution in [0.3, 0.4) is 0 Å². The van der Waals surface area contributed by atoms with Crippen molar-refractivity contribution in [1.82, 2.24) is 5.43 Å². The maximum Gasteiger partial charge on any atom is 0.271 e. The summed E-state index contributed by atoms with van der Waals surface area (Å²) in [5.74, 6) is -0.281. The number of nitrogens with two attached hydrogens (primary N) is 1. The van der Waals surface area contributed by atoms with Gasteiger partial charge in [0.15, 0.2) is 0 Å². The number of rotatable bonds is 3. The molecule has 0 bridgehead atoms. The van der Waals surface area contributed by atoms with E-state index in [2.05, 4.69) is 10.5 Å². The molecule has 2 rings (SSSR count). The zero-order valence-electron chi connectivity index (χ0n) is 10.6. The molecule has 4 heteroatoms. The Bertz CT molecular complexity index is 620. The van der Waals surface area contributed by atoms with Crippen LogP contribution in [0, 0.1) is 6.92 Å². The van der Waals surface area contributed by atoms with E-state index in [1.165, 1.54) is 0 Å². The van der Waals surface area contributed by atoms with Gasteiger partial charge in [-0.15, -0.1) is 0 Å². The van der Waals surface area contributed by atoms with Gasteiger partial charge in [-0.2, -0.15) is 5.10 Å². The number of nitrogens with zero attached hydrogens (tertiary/aromatic N) is 1. The van der Waals surface area contributed by atoms with Crippen molar-refractivity contribution in [3.05, 3.63) is 65.2 Å². The van der Waals surface area contributed by atoms with Gasteiger partial charge in [-0.1, -0.05) is 35.9 Å². The lowest BCUT2D eigenvalue weighted by Gasteiger charge is -2.01. The number of hydrazone groups is 1. The quantitative estimate of drug-likeness (QED) is 0.501. The van der Waals surface area contributed by atoms with Gasteiger partial charge >= 0.3 is 0 Å². The predicted molar refractivity (Wildman–Crippen MR) is 77.1 cm³/mol. The first-order valence-electron chi connectivity index (χ1n) is 5.91. The molecule has 1 amide bonds. The first-order valence-corrected chi connectivity index (χ1v) is 5.91. The van der Waals surface area contributed by atoms with Crippen LogP contribution in [0.5, 0.6) is 0 Å². The summed E-state index contributed by atoms with van der Waals surface area (Å²) in [5, 5.41) is 3.92. The summed E-state index contributed by atoms with van der Waals surface area (Å²) in [4.78, 5) is 11.8. The Balaban J connectivity index is 2.01. The van der Waals surface area contributed by atoms with Crippen LogP contribution in [0.4, 0.5) is 5.69 Å². The standard InChI is InChI=1S/C15H15N3O/c1-11-4-2-5-12(8-11)10-17-18-15(19)13-6-3-7-14(16)9-13/h2-10H,16H2,1H3,(H,18,19)/b17-10-. The summed E-state index contributed by atoms with van der Waals surface area (Å²) in [6, 6.07) is 14.6. The van der Waals surface area contributed by atoms with Crippen molar-refractivity contribution in [1.29, 1.82) is 0 Å². The molecule has 0 radical (unpaired) electrons. The van der Waals surface area contributed by atoms with Gasteiger partial charge in [-0.3, -0.25) is 4.79 Å². The average molecular weight is 253 g/mol. The summed E-state index contributed by atoms with van der Waals surface area (Å²) >= 11 is 0. The van der Waals surface area contributed by atoms with E-state index < -0.39 is 0 Å². The van der Waals surface area contributed by atoms with E-state index in [4.69, 9.17) is 5.73 Å². The predicted octanol–water partition coefficient (Wildman–Crippen LogP) is 2.34. The average Bonchev–Trinajstić information content (AvgIpc) is 2.38. The van der Waals surface area contributed by atoms with Gasteiger partial charge in [-0.05, 0) is 30.7 Å². The third-order valence-corrected chi connectivity index (χ3v) is 2.57. The Hall–Kier alpha value is -2.62. The second kappa shape index (κ2) is 5.82. The van der Waals surface area contributed by atoms with Crippen LogP contribution in [0.2, 0.25) is 0 Å². The first kappa shape index (κ1) is 12.8. The fourth-order valence-corrected chi connectivity index (χ4v) is 1.66. The molecule has 0 aliphatic carbocycles. The van der Waals surface area contributed by atoms with Crippen LogP contribution >= 0.6 is 0 Å². The molecule has 96 valence electrons. The molecule has 0 fully saturated rings. The zero-order chi connectivity index (χ0) is 13.7. The summed E-state index contributed by atoms with van der Waals surface area (Å²) in [5.41, 5.74) is 11.2. The highest BCUT2D eigenvalue weighted by molar-refractivity contribution is 5.95. The molecule has 3 N–H and O–H groups in total. The molecule has 2 aromatic carbocycles. The SMILES string of the molecule is Cc1cccc(/C=N\NC(=O)c2cccc(N)c2)c1. The molecule has 0 aliphatic heterocycles. The fourth-order valence-electron chi connectivity index (χ4n) is 1.66. The van der Waals surface area contributed by atoms with Crippen molar-refractivity contribution < 1.29 is 4.79 Å². The van der Waals surface area contributed by atoms with Crippen molar-refractivity contribution >= 4 is 17.8 Å². The fraction of sp³-hybridized carbons (Fsp3) is 0.0667. The van der Waals surface area contributed by atoms with E-state index >= 15 is 0 Å². The van der Waals surface area contributed by atoms with Gasteiger partial charge in [0.1, 0.15) is 0 Å². The maximum atomic E-state index is 11.8. The lowest BCUT2D eigenvalue weighted by atomic mass is 10.2. The summed E-state index contributed by atoms with van der Waals surface area (Å²) in [6.45, 7) is 2.00. The Morgan fingerprint density at radius 3 is 2.74 bits per heavy atom. The Kier molecular flexibility index (Phi) is 3.93. The van der Waals surface area contributed by atoms with Gasteiger partial charge in [0.25, 0.3) is 5.91 Å². The van der Waals surface area contributed by atoms with E-state index in [0.717, 1.165) is 11.1 Å². The summed E-state index contributed by atoms with van der Waals surface area (Å²) < 4.78 is 0. The molecule has 2 aromatic rings. The van der Waals surface area contributed by atoms with Crippen LogP contribution in [-0.4, -0.2) is 12.1 Å². The summed E-state index contributed by atoms with van der Waals surface area (Å²) in [7, 11) is 0. The number of carbonyl (C=O) groups excluding carboxylic acids is 1. The Morgan fingerprint density at radius 1 is 1.21 bits per heavy atom. The Morgan fingerprint density at radius 2 is 2.00 bits per heavy atom. The highest BCUT2D eigenvalue weighted by atomic mass is 16.2. The Labute approximate surface area is 112 Å². The van der Waals surface area contributed by atoms with E-state index in [1.807, 2.05) is 31.2 Å². The molecule has 0 unspecified atom stereocenters. The minimum atomic E-state index is -0.281. The van der Waals surface area contributed by atoms with Crippen LogP contribution < -0.4 is 11.2 Å². The highest BCUT2D eigenvalue weighted by Gasteiger charge is 2.03. The number of anilines is 1. The van der Waals surface area contributed by atoms with Gasteiger partial charge in [0, 0.05) is 11.3 Å². The normalized spacial score (nSPS) is 10.6. The third kappa shape index (κ3) is 3.67. The van der Waals surface area contributed by atoms with Gasteiger partial charge in [-0.25, -0.2) is 5.43 Å². The molecular weight excluding hydrogens is 238 g/mol. The lowest BCUT2D eigenvalue weighted by molar-refractivity contribution is 0.0955. The smallest absolute Gasteiger partial charge is 0.271 e. The molecule has 0 heterocycles. The van der Waals surface area contributed by atoms with Crippen molar-refractivity contribution in [3.8, 4) is 0 Å². The maximum absolute atomic E-state index is 11.8. The number of benzene rings is 2. The van der Waals surface area contributed by atoms with E-state index in [-0.39, 0.29) is 5.91 Å². The van der Waals surface area contributed by atoms with Crippen LogP contribution in [-0.2, 0) is 0 Å². The molecule has 0 aromatic heterocycles. The second-order valence-electron chi connectivity index (χ2n) is 4.24. The number of hydrogen-bond acceptors (Lipinski definition) is 3. The van der Waals surface area contributed by atoms with Gasteiger partial charge in [0.2, 0.25) is 0 Å². The highest BCUT2D eigenvalue weighted by Crippen LogP contribution is 2.06. The van der Waals surface area contributed by atoms with Crippen molar-refractivity contribution in [2.45, 2.75) is 6.92 Å². The molecule has 0 spiro atoms. The molecular formula is C15H15N3O. The number of nitrogens with one attached hydrogen (secondary N) is 1. The van der Waals surface area contributed by atoms with E-state index in [1.54, 1.807) is 30.5 Å². The largest absolute Gasteiger partial charge is 0.399 e. The van der Waals surface area contributed by atoms with Gasteiger partial charge < -0.3 is 5.73 Å². The number of aryl methyl sites for hydroxylation is 1. The topological polar surface area (TPSA) is 67.5 Å². The van der Waals surface area contributed by atoms with Crippen molar-refractivity contribution in [2.24, 2.45) is 5.10 Å².